The molecule has 7 heavy (non-hydrogen) atoms. The van der Waals surface area contributed by atoms with E-state index in [4.69, 9.17) is 34.8 Å². The van der Waals surface area contributed by atoms with Gasteiger partial charge in [-0.05, 0) is 0 Å². The van der Waals surface area contributed by atoms with E-state index in [0.717, 1.165) is 0 Å². The number of thiol groups is 1. The van der Waals surface area contributed by atoms with Crippen LogP contribution in [0.15, 0.2) is 0 Å². The zero-order chi connectivity index (χ0) is 5.86. The van der Waals surface area contributed by atoms with Gasteiger partial charge in [0.15, 0.2) is 0 Å². The van der Waals surface area contributed by atoms with E-state index in [-0.39, 0.29) is 5.38 Å². The Morgan fingerprint density at radius 1 is 1.29 bits per heavy atom. The summed E-state index contributed by atoms with van der Waals surface area (Å²) in [5.74, 6) is 0.513. The van der Waals surface area contributed by atoms with Crippen molar-refractivity contribution in [3.8, 4) is 0 Å². The maximum atomic E-state index is 5.46. The van der Waals surface area contributed by atoms with Crippen LogP contribution in [0, 0.1) is 0 Å². The molecule has 0 aliphatic heterocycles. The Morgan fingerprint density at radius 2 is 1.71 bits per heavy atom. The molecule has 0 aromatic carbocycles. The lowest BCUT2D eigenvalue weighted by Gasteiger charge is -2.02. The maximum Gasteiger partial charge on any atom is 0.124 e. The molecule has 0 nitrogen and oxygen atoms in total. The number of hydrogen-bond donors (Lipinski definition) is 1. The first kappa shape index (κ1) is 8.22. The summed E-state index contributed by atoms with van der Waals surface area (Å²) in [6, 6.07) is 0. The van der Waals surface area contributed by atoms with Crippen molar-refractivity contribution in [2.24, 2.45) is 0 Å². The third-order valence-electron chi connectivity index (χ3n) is 0.448. The zero-order valence-electron chi connectivity index (χ0n) is 3.44. The highest BCUT2D eigenvalue weighted by molar-refractivity contribution is 7.80. The second-order valence-electron chi connectivity index (χ2n) is 1.03. The minimum Gasteiger partial charge on any atom is -0.178 e. The van der Waals surface area contributed by atoms with E-state index in [0.29, 0.717) is 5.75 Å². The van der Waals surface area contributed by atoms with Gasteiger partial charge in [0.1, 0.15) is 4.84 Å². The molecule has 1 unspecified atom stereocenters. The van der Waals surface area contributed by atoms with Crippen LogP contribution in [0.1, 0.15) is 0 Å². The first-order valence-electron chi connectivity index (χ1n) is 1.71. The van der Waals surface area contributed by atoms with Gasteiger partial charge in [-0.15, -0.1) is 34.8 Å². The number of rotatable bonds is 2. The summed E-state index contributed by atoms with van der Waals surface area (Å²) >= 11 is 19.9. The van der Waals surface area contributed by atoms with Crippen LogP contribution in [0.25, 0.3) is 0 Å². The normalized spacial score (nSPS) is 15.0. The van der Waals surface area contributed by atoms with E-state index in [2.05, 4.69) is 12.6 Å². The van der Waals surface area contributed by atoms with Crippen molar-refractivity contribution >= 4 is 47.4 Å². The monoisotopic (exact) mass is 178 g/mol. The Kier molecular flexibility index (Phi) is 4.85. The van der Waals surface area contributed by atoms with Crippen LogP contribution >= 0.6 is 47.4 Å². The summed E-state index contributed by atoms with van der Waals surface area (Å²) in [5, 5.41) is -0.230. The fourth-order valence-electron chi connectivity index (χ4n) is 0.0797. The summed E-state index contributed by atoms with van der Waals surface area (Å²) < 4.78 is 0. The molecule has 0 bridgehead atoms. The highest BCUT2D eigenvalue weighted by Gasteiger charge is 2.09. The highest BCUT2D eigenvalue weighted by Crippen LogP contribution is 2.14. The molecule has 0 aliphatic rings. The molecule has 0 N–H and O–H groups in total. The fraction of sp³-hybridized carbons (Fsp3) is 1.00. The molecule has 0 amide bonds. The molecular formula is C3H5Cl3S. The smallest absolute Gasteiger partial charge is 0.124 e. The van der Waals surface area contributed by atoms with Crippen LogP contribution in [0.5, 0.6) is 0 Å². The molecule has 0 aliphatic carbocycles. The molecule has 0 fully saturated rings. The average Bonchev–Trinajstić information content (AvgIpc) is 1.65. The Labute approximate surface area is 63.5 Å². The van der Waals surface area contributed by atoms with E-state index in [1.165, 1.54) is 0 Å². The molecule has 0 saturated heterocycles. The van der Waals surface area contributed by atoms with Gasteiger partial charge in [-0.2, -0.15) is 12.6 Å². The minimum absolute atomic E-state index is 0.230. The van der Waals surface area contributed by atoms with Gasteiger partial charge in [0.05, 0.1) is 5.38 Å². The Balaban J connectivity index is 3.14. The Hall–Kier alpha value is 1.22. The van der Waals surface area contributed by atoms with Gasteiger partial charge < -0.3 is 0 Å². The van der Waals surface area contributed by atoms with Crippen LogP contribution < -0.4 is 0 Å². The lowest BCUT2D eigenvalue weighted by atomic mass is 10.5. The Bertz CT molecular complexity index is 47.4. The van der Waals surface area contributed by atoms with Crippen LogP contribution in [0.2, 0.25) is 0 Å². The summed E-state index contributed by atoms with van der Waals surface area (Å²) in [6.07, 6.45) is 0. The van der Waals surface area contributed by atoms with Gasteiger partial charge in [-0.25, -0.2) is 0 Å². The second-order valence-corrected chi connectivity index (χ2v) is 3.12. The third-order valence-corrected chi connectivity index (χ3v) is 2.33. The number of halogens is 3. The van der Waals surface area contributed by atoms with Gasteiger partial charge >= 0.3 is 0 Å². The second kappa shape index (κ2) is 4.13. The van der Waals surface area contributed by atoms with Crippen molar-refractivity contribution in [3.05, 3.63) is 0 Å². The highest BCUT2D eigenvalue weighted by atomic mass is 35.5. The lowest BCUT2D eigenvalue weighted by Crippen LogP contribution is -2.09. The van der Waals surface area contributed by atoms with Gasteiger partial charge in [-0.1, -0.05) is 0 Å². The van der Waals surface area contributed by atoms with Crippen molar-refractivity contribution < 1.29 is 0 Å². The molecule has 44 valence electrons. The largest absolute Gasteiger partial charge is 0.178 e. The predicted octanol–water partition coefficient (Wildman–Crippen LogP) is 2.33. The van der Waals surface area contributed by atoms with Crippen molar-refractivity contribution in [1.82, 2.24) is 0 Å². The number of alkyl halides is 3. The summed E-state index contributed by atoms with van der Waals surface area (Å²) in [7, 11) is 0. The van der Waals surface area contributed by atoms with E-state index in [1.807, 2.05) is 0 Å². The molecule has 0 rings (SSSR count). The summed E-state index contributed by atoms with van der Waals surface area (Å²) in [6.45, 7) is 0. The SMILES string of the molecule is SCC(Cl)C(Cl)Cl. The molecule has 0 aromatic heterocycles. The topological polar surface area (TPSA) is 0 Å². The van der Waals surface area contributed by atoms with Crippen molar-refractivity contribution in [2.45, 2.75) is 10.2 Å². The van der Waals surface area contributed by atoms with Gasteiger partial charge in [0.25, 0.3) is 0 Å². The van der Waals surface area contributed by atoms with Crippen molar-refractivity contribution in [3.63, 3.8) is 0 Å². The van der Waals surface area contributed by atoms with Crippen molar-refractivity contribution in [1.29, 1.82) is 0 Å². The molecule has 0 heterocycles. The standard InChI is InChI=1S/C3H5Cl3S/c4-2(1-7)3(5)6/h2-3,7H,1H2. The summed E-state index contributed by atoms with van der Waals surface area (Å²) in [4.78, 5) is -0.501. The lowest BCUT2D eigenvalue weighted by molar-refractivity contribution is 1.07. The van der Waals surface area contributed by atoms with E-state index >= 15 is 0 Å². The molecule has 0 saturated carbocycles. The van der Waals surface area contributed by atoms with Crippen LogP contribution in [-0.2, 0) is 0 Å². The van der Waals surface area contributed by atoms with Gasteiger partial charge in [0, 0.05) is 5.75 Å². The van der Waals surface area contributed by atoms with Crippen LogP contribution in [0.4, 0.5) is 0 Å². The third kappa shape index (κ3) is 3.77. The fourth-order valence-corrected chi connectivity index (χ4v) is 0.717. The van der Waals surface area contributed by atoms with Crippen molar-refractivity contribution in [2.75, 3.05) is 5.75 Å². The predicted molar refractivity (Wildman–Crippen MR) is 39.0 cm³/mol. The molecule has 4 heteroatoms. The van der Waals surface area contributed by atoms with Gasteiger partial charge in [-0.3, -0.25) is 0 Å². The Morgan fingerprint density at radius 3 is 1.71 bits per heavy atom. The minimum atomic E-state index is -0.501. The first-order chi connectivity index (χ1) is 3.18. The number of hydrogen-bond acceptors (Lipinski definition) is 1. The maximum absolute atomic E-state index is 5.46. The molecule has 0 radical (unpaired) electrons. The van der Waals surface area contributed by atoms with Gasteiger partial charge in [0.2, 0.25) is 0 Å². The molecule has 0 aromatic rings. The average molecular weight is 179 g/mol. The van der Waals surface area contributed by atoms with E-state index in [9.17, 15) is 0 Å². The zero-order valence-corrected chi connectivity index (χ0v) is 6.61. The quantitative estimate of drug-likeness (QED) is 0.488. The molecular weight excluding hydrogens is 174 g/mol. The molecule has 0 spiro atoms. The van der Waals surface area contributed by atoms with Crippen LogP contribution in [0.3, 0.4) is 0 Å². The molecule has 1 atom stereocenters. The van der Waals surface area contributed by atoms with E-state index in [1.54, 1.807) is 0 Å². The summed E-state index contributed by atoms with van der Waals surface area (Å²) in [5.41, 5.74) is 0. The first-order valence-corrected chi connectivity index (χ1v) is 3.65. The van der Waals surface area contributed by atoms with E-state index < -0.39 is 4.84 Å². The van der Waals surface area contributed by atoms with Crippen LogP contribution in [-0.4, -0.2) is 16.0 Å².